The van der Waals surface area contributed by atoms with E-state index in [0.29, 0.717) is 19.0 Å². The largest absolute Gasteiger partial charge is 0.367 e. The topological polar surface area (TPSA) is 83.6 Å². The highest BCUT2D eigenvalue weighted by atomic mass is 32.2. The van der Waals surface area contributed by atoms with Gasteiger partial charge in [-0.1, -0.05) is 37.3 Å². The van der Waals surface area contributed by atoms with Gasteiger partial charge in [0.15, 0.2) is 4.91 Å². The molecule has 1 N–H and O–H groups in total. The smallest absolute Gasteiger partial charge is 0.246 e. The van der Waals surface area contributed by atoms with Crippen molar-refractivity contribution < 1.29 is 18.0 Å². The first-order valence-corrected chi connectivity index (χ1v) is 10.1. The molecule has 0 amide bonds. The highest BCUT2D eigenvalue weighted by Crippen LogP contribution is 2.33. The molecule has 0 bridgehead atoms. The summed E-state index contributed by atoms with van der Waals surface area (Å²) < 4.78 is 28.0. The van der Waals surface area contributed by atoms with Gasteiger partial charge in [-0.05, 0) is 18.8 Å². The summed E-state index contributed by atoms with van der Waals surface area (Å²) in [6.07, 6.45) is 3.09. The normalized spacial score (nSPS) is 18.9. The van der Waals surface area contributed by atoms with E-state index in [9.17, 15) is 18.0 Å². The van der Waals surface area contributed by atoms with Gasteiger partial charge in [0.1, 0.15) is 5.70 Å². The van der Waals surface area contributed by atoms with Gasteiger partial charge in [0.25, 0.3) is 0 Å². The standard InChI is InChI=1S/C19H22N2O4S/c1-3-10-20-26(24,25)19-16(21-11-8-13(2)9-12-21)17(22)14-6-4-5-7-15(14)18(19)23/h3-7,13,20H,1,8-12H2,2H3. The molecule has 0 spiro atoms. The fourth-order valence-electron chi connectivity index (χ4n) is 3.35. The molecule has 26 heavy (non-hydrogen) atoms. The Bertz CT molecular complexity index is 894. The molecule has 6 nitrogen and oxygen atoms in total. The number of ketones is 2. The Balaban J connectivity index is 2.17. The second-order valence-electron chi connectivity index (χ2n) is 6.69. The average molecular weight is 374 g/mol. The molecule has 0 unspecified atom stereocenters. The van der Waals surface area contributed by atoms with Crippen LogP contribution in [-0.2, 0) is 10.0 Å². The van der Waals surface area contributed by atoms with Gasteiger partial charge in [0.2, 0.25) is 21.6 Å². The van der Waals surface area contributed by atoms with E-state index in [1.807, 2.05) is 0 Å². The lowest BCUT2D eigenvalue weighted by molar-refractivity contribution is 0.0932. The van der Waals surface area contributed by atoms with E-state index in [1.54, 1.807) is 23.1 Å². The van der Waals surface area contributed by atoms with Crippen molar-refractivity contribution >= 4 is 21.6 Å². The fraction of sp³-hybridized carbons (Fsp3) is 0.368. The lowest BCUT2D eigenvalue weighted by Gasteiger charge is -2.35. The number of carbonyl (C=O) groups is 2. The van der Waals surface area contributed by atoms with Crippen molar-refractivity contribution in [2.75, 3.05) is 19.6 Å². The summed E-state index contributed by atoms with van der Waals surface area (Å²) in [6, 6.07) is 6.37. The number of hydrogen-bond donors (Lipinski definition) is 1. The number of fused-ring (bicyclic) bond motifs is 1. The Hall–Kier alpha value is -2.25. The summed E-state index contributed by atoms with van der Waals surface area (Å²) in [5.74, 6) is -0.536. The number of benzene rings is 1. The maximum atomic E-state index is 13.1. The van der Waals surface area contributed by atoms with Crippen LogP contribution in [0.4, 0.5) is 0 Å². The minimum absolute atomic E-state index is 0.00263. The molecule has 1 heterocycles. The highest BCUT2D eigenvalue weighted by Gasteiger charge is 2.41. The third kappa shape index (κ3) is 3.24. The van der Waals surface area contributed by atoms with Gasteiger partial charge in [-0.2, -0.15) is 0 Å². The highest BCUT2D eigenvalue weighted by molar-refractivity contribution is 7.94. The summed E-state index contributed by atoms with van der Waals surface area (Å²) in [7, 11) is -4.14. The summed E-state index contributed by atoms with van der Waals surface area (Å²) in [4.78, 5) is 27.4. The second kappa shape index (κ2) is 7.17. The van der Waals surface area contributed by atoms with Crippen LogP contribution >= 0.6 is 0 Å². The van der Waals surface area contributed by atoms with E-state index < -0.39 is 26.5 Å². The monoisotopic (exact) mass is 374 g/mol. The Labute approximate surface area is 153 Å². The van der Waals surface area contributed by atoms with Gasteiger partial charge in [-0.15, -0.1) is 6.58 Å². The lowest BCUT2D eigenvalue weighted by Crippen LogP contribution is -2.42. The van der Waals surface area contributed by atoms with Crippen LogP contribution in [0.15, 0.2) is 47.5 Å². The molecule has 0 aromatic heterocycles. The molecule has 0 radical (unpaired) electrons. The number of likely N-dealkylation sites (tertiary alicyclic amines) is 1. The van der Waals surface area contributed by atoms with Crippen molar-refractivity contribution in [1.82, 2.24) is 9.62 Å². The number of nitrogens with zero attached hydrogens (tertiary/aromatic N) is 1. The van der Waals surface area contributed by atoms with Crippen LogP contribution < -0.4 is 4.72 Å². The van der Waals surface area contributed by atoms with Crippen molar-refractivity contribution in [3.63, 3.8) is 0 Å². The van der Waals surface area contributed by atoms with Crippen LogP contribution in [0, 0.1) is 5.92 Å². The molecule has 3 rings (SSSR count). The van der Waals surface area contributed by atoms with Crippen LogP contribution in [-0.4, -0.2) is 44.5 Å². The zero-order chi connectivity index (χ0) is 18.9. The zero-order valence-electron chi connectivity index (χ0n) is 14.7. The second-order valence-corrected chi connectivity index (χ2v) is 8.40. The molecule has 0 saturated carbocycles. The van der Waals surface area contributed by atoms with Crippen LogP contribution in [0.1, 0.15) is 40.5 Å². The quantitative estimate of drug-likeness (QED) is 0.798. The molecule has 1 saturated heterocycles. The third-order valence-corrected chi connectivity index (χ3v) is 6.30. The van der Waals surface area contributed by atoms with E-state index in [4.69, 9.17) is 0 Å². The maximum Gasteiger partial charge on any atom is 0.246 e. The first kappa shape index (κ1) is 18.5. The van der Waals surface area contributed by atoms with E-state index in [2.05, 4.69) is 18.2 Å². The van der Waals surface area contributed by atoms with Crippen molar-refractivity contribution in [3.05, 3.63) is 58.6 Å². The molecule has 2 aliphatic rings. The van der Waals surface area contributed by atoms with Crippen LogP contribution in [0.2, 0.25) is 0 Å². The molecule has 1 aliphatic carbocycles. The number of rotatable bonds is 5. The molecule has 0 atom stereocenters. The van der Waals surface area contributed by atoms with E-state index in [0.717, 1.165) is 12.8 Å². The van der Waals surface area contributed by atoms with Gasteiger partial charge in [-0.3, -0.25) is 9.59 Å². The first-order valence-electron chi connectivity index (χ1n) is 8.65. The average Bonchev–Trinajstić information content (AvgIpc) is 2.63. The van der Waals surface area contributed by atoms with Gasteiger partial charge < -0.3 is 4.90 Å². The van der Waals surface area contributed by atoms with Gasteiger partial charge in [0, 0.05) is 30.8 Å². The van der Waals surface area contributed by atoms with E-state index in [1.165, 1.54) is 12.1 Å². The van der Waals surface area contributed by atoms with Crippen LogP contribution in [0.25, 0.3) is 0 Å². The lowest BCUT2D eigenvalue weighted by atomic mass is 9.90. The number of hydrogen-bond acceptors (Lipinski definition) is 5. The van der Waals surface area contributed by atoms with E-state index in [-0.39, 0.29) is 23.4 Å². The van der Waals surface area contributed by atoms with Gasteiger partial charge in [-0.25, -0.2) is 13.1 Å². The predicted octanol–water partition coefficient (Wildman–Crippen LogP) is 2.11. The van der Waals surface area contributed by atoms with Crippen molar-refractivity contribution in [2.24, 2.45) is 5.92 Å². The molecule has 138 valence electrons. The molecule has 1 aromatic carbocycles. The van der Waals surface area contributed by atoms with Crippen molar-refractivity contribution in [3.8, 4) is 0 Å². The Morgan fingerprint density at radius 1 is 1.15 bits per heavy atom. The summed E-state index contributed by atoms with van der Waals surface area (Å²) in [5, 5.41) is 0. The molecular formula is C19H22N2O4S. The predicted molar refractivity (Wildman–Crippen MR) is 99.2 cm³/mol. The summed E-state index contributed by atoms with van der Waals surface area (Å²) in [5.41, 5.74) is 0.386. The number of nitrogens with one attached hydrogen (secondary N) is 1. The Morgan fingerprint density at radius 3 is 2.31 bits per heavy atom. The first-order chi connectivity index (χ1) is 12.4. The number of sulfonamides is 1. The zero-order valence-corrected chi connectivity index (χ0v) is 15.5. The molecule has 1 fully saturated rings. The molecule has 7 heteroatoms. The molecular weight excluding hydrogens is 352 g/mol. The van der Waals surface area contributed by atoms with E-state index >= 15 is 0 Å². The van der Waals surface area contributed by atoms with Gasteiger partial charge in [0.05, 0.1) is 0 Å². The van der Waals surface area contributed by atoms with Crippen molar-refractivity contribution in [1.29, 1.82) is 0 Å². The van der Waals surface area contributed by atoms with Crippen LogP contribution in [0.3, 0.4) is 0 Å². The SMILES string of the molecule is C=CCNS(=O)(=O)C1=C(N2CCC(C)CC2)C(=O)c2ccccc2C1=O. The van der Waals surface area contributed by atoms with Crippen molar-refractivity contribution in [2.45, 2.75) is 19.8 Å². The fourth-order valence-corrected chi connectivity index (χ4v) is 4.66. The number of piperidine rings is 1. The Morgan fingerprint density at radius 2 is 1.73 bits per heavy atom. The number of allylic oxidation sites excluding steroid dienone is 2. The molecule has 1 aliphatic heterocycles. The third-order valence-electron chi connectivity index (χ3n) is 4.84. The minimum atomic E-state index is -4.14. The Kier molecular flexibility index (Phi) is 5.11. The van der Waals surface area contributed by atoms with Crippen LogP contribution in [0.5, 0.6) is 0 Å². The summed E-state index contributed by atoms with van der Waals surface area (Å²) >= 11 is 0. The van der Waals surface area contributed by atoms with Gasteiger partial charge >= 0.3 is 0 Å². The number of carbonyl (C=O) groups excluding carboxylic acids is 2. The number of Topliss-reactive ketones (excluding diaryl/α,β-unsaturated/α-hetero) is 2. The maximum absolute atomic E-state index is 13.1. The molecule has 1 aromatic rings. The summed E-state index contributed by atoms with van der Waals surface area (Å²) in [6.45, 7) is 6.71. The minimum Gasteiger partial charge on any atom is -0.367 e.